The number of carbonyl (C=O) groups is 1. The van der Waals surface area contributed by atoms with Crippen LogP contribution in [0, 0.1) is 17.8 Å². The first kappa shape index (κ1) is 19.0. The van der Waals surface area contributed by atoms with E-state index < -0.39 is 11.4 Å². The van der Waals surface area contributed by atoms with Gasteiger partial charge in [-0.15, -0.1) is 0 Å². The van der Waals surface area contributed by atoms with Gasteiger partial charge in [0.05, 0.1) is 11.4 Å². The Morgan fingerprint density at radius 3 is 2.74 bits per heavy atom. The van der Waals surface area contributed by atoms with Crippen molar-refractivity contribution in [2.24, 2.45) is 23.5 Å². The van der Waals surface area contributed by atoms with Crippen LogP contribution in [0.4, 0.5) is 4.39 Å². The van der Waals surface area contributed by atoms with Crippen molar-refractivity contribution in [1.82, 2.24) is 5.32 Å². The van der Waals surface area contributed by atoms with Gasteiger partial charge in [-0.3, -0.25) is 4.79 Å². The maximum absolute atomic E-state index is 14.0. The monoisotopic (exact) mass is 390 g/mol. The molecule has 2 heterocycles. The number of aliphatic hydroxyl groups excluding tert-OH is 1. The number of fused-ring (bicyclic) bond motifs is 3. The van der Waals surface area contributed by atoms with Gasteiger partial charge in [-0.1, -0.05) is 49.9 Å². The lowest BCUT2D eigenvalue weighted by atomic mass is 9.60. The van der Waals surface area contributed by atoms with Crippen molar-refractivity contribution >= 4 is 17.7 Å². The lowest BCUT2D eigenvalue weighted by Crippen LogP contribution is -2.62. The molecule has 0 spiro atoms. The first-order chi connectivity index (χ1) is 12.9. The zero-order valence-corrected chi connectivity index (χ0v) is 16.5. The summed E-state index contributed by atoms with van der Waals surface area (Å²) in [6.07, 6.45) is 1.73. The summed E-state index contributed by atoms with van der Waals surface area (Å²) in [4.78, 5) is 12.5. The second kappa shape index (κ2) is 7.22. The SMILES string of the molecule is CC1CC(O)C(c2ccc([C@@H](C)CN)cc2)C2C3C=C(F)SC3C(=O)NC12. The van der Waals surface area contributed by atoms with Gasteiger partial charge in [0.1, 0.15) is 0 Å². The zero-order chi connectivity index (χ0) is 19.3. The number of thioether (sulfide) groups is 1. The van der Waals surface area contributed by atoms with E-state index in [0.29, 0.717) is 13.0 Å². The number of carbonyl (C=O) groups excluding carboxylic acids is 1. The highest BCUT2D eigenvalue weighted by molar-refractivity contribution is 8.04. The molecule has 2 aliphatic heterocycles. The van der Waals surface area contributed by atoms with Gasteiger partial charge in [0.2, 0.25) is 5.91 Å². The maximum Gasteiger partial charge on any atom is 0.234 e. The van der Waals surface area contributed by atoms with E-state index in [9.17, 15) is 14.3 Å². The molecule has 1 aromatic rings. The van der Waals surface area contributed by atoms with Gasteiger partial charge in [-0.2, -0.15) is 4.39 Å². The molecule has 0 radical (unpaired) electrons. The molecular weight excluding hydrogens is 363 g/mol. The molecule has 0 bridgehead atoms. The fourth-order valence-corrected chi connectivity index (χ4v) is 6.21. The Balaban J connectivity index is 1.71. The molecule has 4 rings (SSSR count). The lowest BCUT2D eigenvalue weighted by Gasteiger charge is -2.51. The Kier molecular flexibility index (Phi) is 5.08. The van der Waals surface area contributed by atoms with E-state index >= 15 is 0 Å². The Bertz CT molecular complexity index is 753. The molecule has 0 aromatic heterocycles. The molecule has 2 fully saturated rings. The van der Waals surface area contributed by atoms with Crippen LogP contribution in [0.3, 0.4) is 0 Å². The molecular formula is C21H27FN2O2S. The molecule has 146 valence electrons. The van der Waals surface area contributed by atoms with E-state index in [-0.39, 0.29) is 46.7 Å². The number of aliphatic hydroxyl groups is 1. The van der Waals surface area contributed by atoms with E-state index in [1.54, 1.807) is 6.08 Å². The van der Waals surface area contributed by atoms with E-state index in [1.165, 1.54) is 5.56 Å². The Labute approximate surface area is 163 Å². The van der Waals surface area contributed by atoms with Crippen molar-refractivity contribution in [3.63, 3.8) is 0 Å². The third kappa shape index (κ3) is 3.22. The van der Waals surface area contributed by atoms with Gasteiger partial charge in [-0.25, -0.2) is 0 Å². The van der Waals surface area contributed by atoms with Crippen LogP contribution < -0.4 is 11.1 Å². The number of halogens is 1. The van der Waals surface area contributed by atoms with Crippen LogP contribution in [-0.4, -0.2) is 35.0 Å². The molecule has 8 atom stereocenters. The van der Waals surface area contributed by atoms with Crippen LogP contribution >= 0.6 is 11.8 Å². The zero-order valence-electron chi connectivity index (χ0n) is 15.6. The highest BCUT2D eigenvalue weighted by Crippen LogP contribution is 2.53. The van der Waals surface area contributed by atoms with Gasteiger partial charge < -0.3 is 16.2 Å². The van der Waals surface area contributed by atoms with Crippen LogP contribution in [0.25, 0.3) is 0 Å². The van der Waals surface area contributed by atoms with E-state index in [4.69, 9.17) is 5.73 Å². The van der Waals surface area contributed by atoms with Crippen LogP contribution in [0.15, 0.2) is 35.5 Å². The van der Waals surface area contributed by atoms with Crippen LogP contribution in [-0.2, 0) is 4.79 Å². The first-order valence-corrected chi connectivity index (χ1v) is 10.6. The summed E-state index contributed by atoms with van der Waals surface area (Å²) < 4.78 is 14.0. The number of rotatable bonds is 3. The minimum absolute atomic E-state index is 0.00928. The third-order valence-corrected chi connectivity index (χ3v) is 7.78. The predicted molar refractivity (Wildman–Crippen MR) is 106 cm³/mol. The molecule has 1 saturated carbocycles. The van der Waals surface area contributed by atoms with Crippen molar-refractivity contribution < 1.29 is 14.3 Å². The standard InChI is InChI=1S/C21H27FN2O2S/c1-10-7-15(25)17(13-5-3-12(4-6-13)11(2)9-23)18-14-8-16(22)27-20(14)21(26)24-19(10)18/h3-6,8,10-11,14-15,17-20,25H,7,9,23H2,1-2H3,(H,24,26)/t10?,11-,14?,15?,17?,18?,19?,20?/m0/s1. The number of nitrogens with two attached hydrogens (primary N) is 1. The summed E-state index contributed by atoms with van der Waals surface area (Å²) in [7, 11) is 0. The van der Waals surface area contributed by atoms with Crippen LogP contribution in [0.1, 0.15) is 43.2 Å². The molecule has 4 nitrogen and oxygen atoms in total. The number of hydrogen-bond donors (Lipinski definition) is 3. The normalized spacial score (nSPS) is 39.2. The van der Waals surface area contributed by atoms with Crippen molar-refractivity contribution in [2.45, 2.75) is 49.5 Å². The summed E-state index contributed by atoms with van der Waals surface area (Å²) in [6.45, 7) is 4.74. The van der Waals surface area contributed by atoms with E-state index in [0.717, 1.165) is 17.3 Å². The molecule has 1 saturated heterocycles. The quantitative estimate of drug-likeness (QED) is 0.742. The minimum atomic E-state index is -0.503. The third-order valence-electron chi connectivity index (χ3n) is 6.64. The maximum atomic E-state index is 14.0. The van der Waals surface area contributed by atoms with E-state index in [1.807, 2.05) is 0 Å². The summed E-state index contributed by atoms with van der Waals surface area (Å²) in [6, 6.07) is 8.24. The molecule has 4 N–H and O–H groups in total. The summed E-state index contributed by atoms with van der Waals surface area (Å²) in [5.74, 6) is 0.0479. The molecule has 3 aliphatic rings. The molecule has 27 heavy (non-hydrogen) atoms. The van der Waals surface area contributed by atoms with Crippen molar-refractivity contribution in [1.29, 1.82) is 0 Å². The van der Waals surface area contributed by atoms with Crippen LogP contribution in [0.2, 0.25) is 0 Å². The molecule has 1 aromatic carbocycles. The largest absolute Gasteiger partial charge is 0.392 e. The van der Waals surface area contributed by atoms with Crippen molar-refractivity contribution in [3.8, 4) is 0 Å². The minimum Gasteiger partial charge on any atom is -0.392 e. The molecule has 7 unspecified atom stereocenters. The Morgan fingerprint density at radius 2 is 2.07 bits per heavy atom. The number of benzene rings is 1. The molecule has 1 aliphatic carbocycles. The van der Waals surface area contributed by atoms with Gasteiger partial charge in [0.25, 0.3) is 0 Å². The molecule has 1 amide bonds. The molecule has 6 heteroatoms. The predicted octanol–water partition coefficient (Wildman–Crippen LogP) is 2.89. The van der Waals surface area contributed by atoms with Crippen molar-refractivity contribution in [3.05, 3.63) is 46.6 Å². The number of amides is 1. The number of allylic oxidation sites excluding steroid dienone is 1. The number of nitrogens with one attached hydrogen (secondary N) is 1. The summed E-state index contributed by atoms with van der Waals surface area (Å²) in [5, 5.41) is 13.4. The fraction of sp³-hybridized carbons (Fsp3) is 0.571. The number of piperidine rings is 1. The Hall–Kier alpha value is -1.37. The topological polar surface area (TPSA) is 75.3 Å². The second-order valence-corrected chi connectivity index (χ2v) is 9.44. The highest BCUT2D eigenvalue weighted by atomic mass is 32.2. The summed E-state index contributed by atoms with van der Waals surface area (Å²) in [5.41, 5.74) is 8.00. The van der Waals surface area contributed by atoms with Gasteiger partial charge in [-0.05, 0) is 47.9 Å². The van der Waals surface area contributed by atoms with Gasteiger partial charge in [0.15, 0.2) is 5.16 Å². The summed E-state index contributed by atoms with van der Waals surface area (Å²) >= 11 is 1.01. The second-order valence-electron chi connectivity index (χ2n) is 8.31. The van der Waals surface area contributed by atoms with Gasteiger partial charge in [0, 0.05) is 17.9 Å². The number of hydrogen-bond acceptors (Lipinski definition) is 4. The first-order valence-electron chi connectivity index (χ1n) is 9.73. The van der Waals surface area contributed by atoms with Gasteiger partial charge >= 0.3 is 0 Å². The van der Waals surface area contributed by atoms with E-state index in [2.05, 4.69) is 43.4 Å². The highest BCUT2D eigenvalue weighted by Gasteiger charge is 2.55. The van der Waals surface area contributed by atoms with Crippen LogP contribution in [0.5, 0.6) is 0 Å². The average molecular weight is 391 g/mol. The van der Waals surface area contributed by atoms with Crippen molar-refractivity contribution in [2.75, 3.05) is 6.54 Å². The fourth-order valence-electron chi connectivity index (χ4n) is 5.14. The average Bonchev–Trinajstić information content (AvgIpc) is 3.05. The smallest absolute Gasteiger partial charge is 0.234 e. The Morgan fingerprint density at radius 1 is 1.37 bits per heavy atom. The lowest BCUT2D eigenvalue weighted by molar-refractivity contribution is -0.128.